The summed E-state index contributed by atoms with van der Waals surface area (Å²) in [6, 6.07) is 11.9. The Morgan fingerprint density at radius 3 is 2.61 bits per heavy atom. The first-order chi connectivity index (χ1) is 24.7. The van der Waals surface area contributed by atoms with Crippen molar-refractivity contribution in [2.75, 3.05) is 39.8 Å². The molecule has 0 aliphatic carbocycles. The first kappa shape index (κ1) is 35.4. The smallest absolute Gasteiger partial charge is 0.251 e. The van der Waals surface area contributed by atoms with Crippen molar-refractivity contribution in [2.45, 2.75) is 64.5 Å². The molecule has 2 N–H and O–H groups in total. The van der Waals surface area contributed by atoms with Crippen molar-refractivity contribution < 1.29 is 33.1 Å². The molecule has 2 aliphatic rings. The summed E-state index contributed by atoms with van der Waals surface area (Å²) in [6.45, 7) is 5.91. The van der Waals surface area contributed by atoms with Gasteiger partial charge in [0.1, 0.15) is 17.7 Å². The maximum absolute atomic E-state index is 14.0. The lowest BCUT2D eigenvalue weighted by Crippen LogP contribution is -2.46. The molecule has 4 bridgehead atoms. The van der Waals surface area contributed by atoms with Crippen molar-refractivity contribution >= 4 is 34.6 Å². The number of furan rings is 1. The van der Waals surface area contributed by atoms with Crippen LogP contribution < -0.4 is 20.1 Å². The summed E-state index contributed by atoms with van der Waals surface area (Å²) in [5, 5.41) is 6.89. The fourth-order valence-corrected chi connectivity index (χ4v) is 7.00. The van der Waals surface area contributed by atoms with Crippen LogP contribution >= 0.6 is 0 Å². The molecule has 0 unspecified atom stereocenters. The van der Waals surface area contributed by atoms with Crippen molar-refractivity contribution in [3.8, 4) is 11.5 Å². The summed E-state index contributed by atoms with van der Waals surface area (Å²) < 4.78 is 17.8. The van der Waals surface area contributed by atoms with E-state index in [-0.39, 0.29) is 49.4 Å². The average molecular weight is 696 g/mol. The maximum atomic E-state index is 14.0. The Hall–Kier alpha value is -5.39. The summed E-state index contributed by atoms with van der Waals surface area (Å²) >= 11 is 0. The molecule has 1 fully saturated rings. The third kappa shape index (κ3) is 8.50. The minimum Gasteiger partial charge on any atom is -0.493 e. The zero-order valence-corrected chi connectivity index (χ0v) is 29.4. The average Bonchev–Trinajstić information content (AvgIpc) is 3.73. The zero-order valence-electron chi connectivity index (χ0n) is 29.4. The highest BCUT2D eigenvalue weighted by Gasteiger charge is 2.41. The van der Waals surface area contributed by atoms with Crippen LogP contribution in [0.4, 0.5) is 0 Å². The van der Waals surface area contributed by atoms with Gasteiger partial charge in [-0.1, -0.05) is 12.1 Å². The van der Waals surface area contributed by atoms with Crippen LogP contribution in [0.2, 0.25) is 0 Å². The second-order valence-electron chi connectivity index (χ2n) is 13.3. The Morgan fingerprint density at radius 2 is 1.80 bits per heavy atom. The number of amides is 4. The van der Waals surface area contributed by atoms with E-state index in [1.807, 2.05) is 26.0 Å². The van der Waals surface area contributed by atoms with Gasteiger partial charge in [0.2, 0.25) is 17.7 Å². The van der Waals surface area contributed by atoms with Gasteiger partial charge in [-0.05, 0) is 80.1 Å². The molecular weight excluding hydrogens is 650 g/mol. The van der Waals surface area contributed by atoms with Gasteiger partial charge in [-0.3, -0.25) is 24.2 Å². The van der Waals surface area contributed by atoms with Crippen molar-refractivity contribution in [2.24, 2.45) is 0 Å². The lowest BCUT2D eigenvalue weighted by Gasteiger charge is -2.24. The number of ether oxygens (including phenoxy) is 2. The molecule has 51 heavy (non-hydrogen) atoms. The number of pyridine rings is 1. The molecule has 2 aliphatic heterocycles. The van der Waals surface area contributed by atoms with Gasteiger partial charge >= 0.3 is 0 Å². The van der Waals surface area contributed by atoms with Crippen molar-refractivity contribution in [3.05, 3.63) is 88.9 Å². The van der Waals surface area contributed by atoms with Crippen molar-refractivity contribution in [3.63, 3.8) is 0 Å². The number of carbonyl (C=O) groups excluding carboxylic acids is 4. The number of aryl methyl sites for hydroxylation is 2. The van der Waals surface area contributed by atoms with Crippen LogP contribution in [0.25, 0.3) is 11.0 Å². The molecule has 6 rings (SSSR count). The highest BCUT2D eigenvalue weighted by atomic mass is 16.5. The quantitative estimate of drug-likeness (QED) is 0.317. The molecule has 2 aromatic heterocycles. The SMILES string of the molecule is COc1ccc2cc1O[C@H]1C[C@@H](C(=O)NCCCCN(C(=O)Cc3cccnc3)CCCNC2=O)N(C(=O)Cc2coc3cc(C)cc(C)c23)C1. The van der Waals surface area contributed by atoms with E-state index in [0.717, 1.165) is 33.2 Å². The normalized spacial score (nSPS) is 19.0. The first-order valence-corrected chi connectivity index (χ1v) is 17.5. The predicted molar refractivity (Wildman–Crippen MR) is 191 cm³/mol. The molecule has 1 saturated heterocycles. The van der Waals surface area contributed by atoms with Gasteiger partial charge in [-0.15, -0.1) is 0 Å². The van der Waals surface area contributed by atoms with E-state index in [9.17, 15) is 19.2 Å². The standard InChI is InChI=1S/C39H45N5O7/c1-25-16-26(2)37-29(24-50-34(37)17-25)20-36(46)44-23-30-21-31(44)39(48)42-12-4-5-14-43(35(45)18-27-8-6-11-40-22-27)15-7-13-41-38(47)28-9-10-32(49-3)33(19-28)51-30/h6,8-11,16-17,19,22,24,30-31H,4-5,7,12-15,18,20-21,23H2,1-3H3,(H,41,47)(H,42,48)/t30-,31-/m0/s1. The number of carbonyl (C=O) groups is 4. The number of hydrogen-bond acceptors (Lipinski definition) is 8. The molecule has 268 valence electrons. The molecule has 0 saturated carbocycles. The number of methoxy groups -OCH3 is 1. The Balaban J connectivity index is 1.22. The van der Waals surface area contributed by atoms with Crippen molar-refractivity contribution in [1.82, 2.24) is 25.4 Å². The van der Waals surface area contributed by atoms with E-state index < -0.39 is 12.1 Å². The third-order valence-corrected chi connectivity index (χ3v) is 9.52. The lowest BCUT2D eigenvalue weighted by molar-refractivity contribution is -0.138. The van der Waals surface area contributed by atoms with Gasteiger partial charge in [0.15, 0.2) is 11.5 Å². The number of fused-ring (bicyclic) bond motifs is 5. The first-order valence-electron chi connectivity index (χ1n) is 17.5. The summed E-state index contributed by atoms with van der Waals surface area (Å²) in [7, 11) is 1.52. The monoisotopic (exact) mass is 695 g/mol. The van der Waals surface area contributed by atoms with E-state index in [2.05, 4.69) is 21.7 Å². The number of nitrogens with zero attached hydrogens (tertiary/aromatic N) is 3. The number of rotatable bonds is 5. The van der Waals surface area contributed by atoms with Crippen molar-refractivity contribution in [1.29, 1.82) is 0 Å². The lowest BCUT2D eigenvalue weighted by atomic mass is 10.0. The van der Waals surface area contributed by atoms with Crippen LogP contribution in [0.5, 0.6) is 11.5 Å². The van der Waals surface area contributed by atoms with Crippen LogP contribution in [-0.4, -0.2) is 90.4 Å². The van der Waals surface area contributed by atoms with Gasteiger partial charge in [-0.2, -0.15) is 0 Å². The molecule has 0 spiro atoms. The van der Waals surface area contributed by atoms with Gasteiger partial charge < -0.3 is 34.3 Å². The fraction of sp³-hybridized carbons (Fsp3) is 0.410. The molecule has 4 heterocycles. The van der Waals surface area contributed by atoms with E-state index >= 15 is 0 Å². The molecule has 4 aromatic rings. The Bertz CT molecular complexity index is 1890. The molecule has 2 atom stereocenters. The van der Waals surface area contributed by atoms with Crippen LogP contribution in [0.3, 0.4) is 0 Å². The van der Waals surface area contributed by atoms with E-state index in [0.29, 0.717) is 62.5 Å². The number of aromatic nitrogens is 1. The van der Waals surface area contributed by atoms with Gasteiger partial charge in [0.05, 0.1) is 32.8 Å². The number of likely N-dealkylation sites (tertiary alicyclic amines) is 1. The minimum absolute atomic E-state index is 0.0249. The molecule has 2 aromatic carbocycles. The highest BCUT2D eigenvalue weighted by molar-refractivity contribution is 5.95. The second kappa shape index (κ2) is 16.1. The Morgan fingerprint density at radius 1 is 0.980 bits per heavy atom. The Labute approximate surface area is 297 Å². The van der Waals surface area contributed by atoms with Crippen LogP contribution in [0.1, 0.15) is 58.3 Å². The number of benzene rings is 2. The van der Waals surface area contributed by atoms with Gasteiger partial charge in [0, 0.05) is 61.5 Å². The minimum atomic E-state index is -0.763. The molecule has 12 nitrogen and oxygen atoms in total. The van der Waals surface area contributed by atoms with Gasteiger partial charge in [0.25, 0.3) is 5.91 Å². The summed E-state index contributed by atoms with van der Waals surface area (Å²) in [5.41, 5.74) is 4.79. The van der Waals surface area contributed by atoms with Crippen LogP contribution in [-0.2, 0) is 27.2 Å². The summed E-state index contributed by atoms with van der Waals surface area (Å²) in [4.78, 5) is 61.7. The molecule has 12 heteroatoms. The zero-order chi connectivity index (χ0) is 35.9. The highest BCUT2D eigenvalue weighted by Crippen LogP contribution is 2.33. The van der Waals surface area contributed by atoms with E-state index in [4.69, 9.17) is 13.9 Å². The molecule has 4 amide bonds. The molecular formula is C39H45N5O7. The van der Waals surface area contributed by atoms with E-state index in [1.165, 1.54) is 7.11 Å². The van der Waals surface area contributed by atoms with Crippen LogP contribution in [0.15, 0.2) is 65.5 Å². The summed E-state index contributed by atoms with van der Waals surface area (Å²) in [6.07, 6.45) is 6.89. The predicted octanol–water partition coefficient (Wildman–Crippen LogP) is 4.15. The van der Waals surface area contributed by atoms with E-state index in [1.54, 1.807) is 52.7 Å². The van der Waals surface area contributed by atoms with Gasteiger partial charge in [-0.25, -0.2) is 0 Å². The number of hydrogen-bond donors (Lipinski definition) is 2. The second-order valence-corrected chi connectivity index (χ2v) is 13.3. The number of nitrogens with one attached hydrogen (secondary N) is 2. The maximum Gasteiger partial charge on any atom is 0.251 e. The topological polar surface area (TPSA) is 143 Å². The largest absolute Gasteiger partial charge is 0.493 e. The van der Waals surface area contributed by atoms with Crippen LogP contribution in [0, 0.1) is 13.8 Å². The fourth-order valence-electron chi connectivity index (χ4n) is 7.00. The molecule has 0 radical (unpaired) electrons. The summed E-state index contributed by atoms with van der Waals surface area (Å²) in [5.74, 6) is -0.00746. The third-order valence-electron chi connectivity index (χ3n) is 9.52. The Kier molecular flexibility index (Phi) is 11.2.